The molecule has 0 unspecified atom stereocenters. The van der Waals surface area contributed by atoms with Gasteiger partial charge in [0.25, 0.3) is 0 Å². The van der Waals surface area contributed by atoms with E-state index in [1.165, 1.54) is 11.4 Å². The third kappa shape index (κ3) is 3.80. The maximum absolute atomic E-state index is 12.4. The summed E-state index contributed by atoms with van der Waals surface area (Å²) in [4.78, 5) is 0.288. The van der Waals surface area contributed by atoms with Crippen LogP contribution in [0.4, 0.5) is 5.69 Å². The molecule has 4 nitrogen and oxygen atoms in total. The minimum atomic E-state index is -3.43. The zero-order chi connectivity index (χ0) is 15.5. The van der Waals surface area contributed by atoms with Gasteiger partial charge in [0.05, 0.1) is 11.4 Å². The minimum Gasteiger partial charge on any atom is -0.389 e. The highest BCUT2D eigenvalue weighted by molar-refractivity contribution is 7.92. The molecule has 0 spiro atoms. The zero-order valence-electron chi connectivity index (χ0n) is 11.6. The minimum absolute atomic E-state index is 0.0403. The van der Waals surface area contributed by atoms with Gasteiger partial charge in [-0.1, -0.05) is 42.5 Å². The van der Waals surface area contributed by atoms with Gasteiger partial charge in [-0.3, -0.25) is 4.31 Å². The number of sulfonamides is 1. The predicted octanol–water partition coefficient (Wildman–Crippen LogP) is 2.29. The van der Waals surface area contributed by atoms with Crippen LogP contribution in [-0.2, 0) is 15.8 Å². The molecule has 110 valence electrons. The van der Waals surface area contributed by atoms with Crippen molar-refractivity contribution in [2.24, 2.45) is 5.73 Å². The number of anilines is 1. The fourth-order valence-corrected chi connectivity index (χ4v) is 3.26. The van der Waals surface area contributed by atoms with Crippen LogP contribution in [0.5, 0.6) is 0 Å². The van der Waals surface area contributed by atoms with Crippen molar-refractivity contribution in [1.29, 1.82) is 0 Å². The number of hydrogen-bond donors (Lipinski definition) is 1. The predicted molar refractivity (Wildman–Crippen MR) is 89.8 cm³/mol. The van der Waals surface area contributed by atoms with Crippen molar-refractivity contribution in [2.45, 2.75) is 5.75 Å². The van der Waals surface area contributed by atoms with E-state index >= 15 is 0 Å². The van der Waals surface area contributed by atoms with Crippen molar-refractivity contribution >= 4 is 32.9 Å². The van der Waals surface area contributed by atoms with Gasteiger partial charge in [-0.05, 0) is 29.8 Å². The fourth-order valence-electron chi connectivity index (χ4n) is 1.88. The highest BCUT2D eigenvalue weighted by Crippen LogP contribution is 2.19. The molecule has 0 radical (unpaired) electrons. The van der Waals surface area contributed by atoms with Crippen LogP contribution in [-0.4, -0.2) is 20.5 Å². The van der Waals surface area contributed by atoms with E-state index < -0.39 is 10.0 Å². The smallest absolute Gasteiger partial charge is 0.239 e. The SMILES string of the molecule is CN(c1ccc(C(N)=S)cc1)S(=O)(=O)Cc1ccccc1. The van der Waals surface area contributed by atoms with E-state index in [-0.39, 0.29) is 10.7 Å². The number of nitrogens with two attached hydrogens (primary N) is 1. The van der Waals surface area contributed by atoms with Crippen LogP contribution in [0.15, 0.2) is 54.6 Å². The normalized spacial score (nSPS) is 11.1. The lowest BCUT2D eigenvalue weighted by Crippen LogP contribution is -2.27. The van der Waals surface area contributed by atoms with Gasteiger partial charge in [-0.25, -0.2) is 8.42 Å². The number of benzene rings is 2. The van der Waals surface area contributed by atoms with Crippen LogP contribution >= 0.6 is 12.2 Å². The van der Waals surface area contributed by atoms with Crippen molar-refractivity contribution in [3.63, 3.8) is 0 Å². The molecule has 2 aromatic rings. The lowest BCUT2D eigenvalue weighted by Gasteiger charge is -2.19. The molecule has 2 N–H and O–H groups in total. The molecule has 0 atom stereocenters. The Morgan fingerprint density at radius 2 is 1.67 bits per heavy atom. The molecule has 0 aliphatic carbocycles. The van der Waals surface area contributed by atoms with Crippen LogP contribution in [0.1, 0.15) is 11.1 Å². The number of thiocarbonyl (C=S) groups is 1. The summed E-state index contributed by atoms with van der Waals surface area (Å²) in [7, 11) is -1.89. The summed E-state index contributed by atoms with van der Waals surface area (Å²) in [6.45, 7) is 0. The molecule has 0 amide bonds. The van der Waals surface area contributed by atoms with Crippen molar-refractivity contribution in [1.82, 2.24) is 0 Å². The van der Waals surface area contributed by atoms with E-state index in [2.05, 4.69) is 0 Å². The topological polar surface area (TPSA) is 63.4 Å². The van der Waals surface area contributed by atoms with E-state index in [1.54, 1.807) is 36.4 Å². The Kier molecular flexibility index (Phi) is 4.59. The number of rotatable bonds is 5. The Labute approximate surface area is 130 Å². The Hall–Kier alpha value is -1.92. The Bertz CT molecular complexity index is 726. The third-order valence-electron chi connectivity index (χ3n) is 3.12. The summed E-state index contributed by atoms with van der Waals surface area (Å²) >= 11 is 4.88. The Morgan fingerprint density at radius 1 is 1.10 bits per heavy atom. The highest BCUT2D eigenvalue weighted by Gasteiger charge is 2.19. The lowest BCUT2D eigenvalue weighted by molar-refractivity contribution is 0.593. The first-order valence-electron chi connectivity index (χ1n) is 6.30. The van der Waals surface area contributed by atoms with Gasteiger partial charge in [0, 0.05) is 12.6 Å². The van der Waals surface area contributed by atoms with Crippen LogP contribution in [0.25, 0.3) is 0 Å². The van der Waals surface area contributed by atoms with Crippen molar-refractivity contribution in [3.05, 3.63) is 65.7 Å². The van der Waals surface area contributed by atoms with Gasteiger partial charge in [0.15, 0.2) is 0 Å². The molecule has 0 fully saturated rings. The lowest BCUT2D eigenvalue weighted by atomic mass is 10.2. The van der Waals surface area contributed by atoms with Gasteiger partial charge < -0.3 is 5.73 Å². The molecule has 0 aliphatic rings. The standard InChI is InChI=1S/C15H16N2O2S2/c1-17(14-9-7-13(8-10-14)15(16)20)21(18,19)11-12-5-3-2-4-6-12/h2-10H,11H2,1H3,(H2,16,20). The Morgan fingerprint density at radius 3 is 2.19 bits per heavy atom. The molecular formula is C15H16N2O2S2. The van der Waals surface area contributed by atoms with Crippen molar-refractivity contribution in [3.8, 4) is 0 Å². The van der Waals surface area contributed by atoms with E-state index in [0.29, 0.717) is 11.3 Å². The largest absolute Gasteiger partial charge is 0.389 e. The first kappa shape index (κ1) is 15.5. The molecule has 0 heterocycles. The van der Waals surface area contributed by atoms with Crippen LogP contribution < -0.4 is 10.0 Å². The molecular weight excluding hydrogens is 304 g/mol. The summed E-state index contributed by atoms with van der Waals surface area (Å²) in [5, 5.41) is 0. The van der Waals surface area contributed by atoms with E-state index in [9.17, 15) is 8.42 Å². The molecule has 0 bridgehead atoms. The molecule has 0 aromatic heterocycles. The summed E-state index contributed by atoms with van der Waals surface area (Å²) in [6.07, 6.45) is 0. The second-order valence-electron chi connectivity index (χ2n) is 4.62. The van der Waals surface area contributed by atoms with Gasteiger partial charge in [0.2, 0.25) is 10.0 Å². The number of nitrogens with zero attached hydrogens (tertiary/aromatic N) is 1. The van der Waals surface area contributed by atoms with Gasteiger partial charge >= 0.3 is 0 Å². The maximum atomic E-state index is 12.4. The molecule has 0 saturated carbocycles. The second kappa shape index (κ2) is 6.24. The van der Waals surface area contributed by atoms with Crippen LogP contribution in [0.2, 0.25) is 0 Å². The van der Waals surface area contributed by atoms with Crippen molar-refractivity contribution < 1.29 is 8.42 Å². The maximum Gasteiger partial charge on any atom is 0.239 e. The average Bonchev–Trinajstić information content (AvgIpc) is 2.47. The highest BCUT2D eigenvalue weighted by atomic mass is 32.2. The average molecular weight is 320 g/mol. The quantitative estimate of drug-likeness (QED) is 0.859. The summed E-state index contributed by atoms with van der Waals surface area (Å²) in [6, 6.07) is 15.9. The molecule has 0 saturated heterocycles. The van der Waals surface area contributed by atoms with Crippen LogP contribution in [0, 0.1) is 0 Å². The molecule has 0 aliphatic heterocycles. The van der Waals surface area contributed by atoms with Gasteiger partial charge in [0.1, 0.15) is 4.99 Å². The Balaban J connectivity index is 2.21. The monoisotopic (exact) mass is 320 g/mol. The zero-order valence-corrected chi connectivity index (χ0v) is 13.2. The third-order valence-corrected chi connectivity index (χ3v) is 5.10. The molecule has 21 heavy (non-hydrogen) atoms. The van der Waals surface area contributed by atoms with E-state index in [1.807, 2.05) is 18.2 Å². The first-order valence-corrected chi connectivity index (χ1v) is 8.32. The summed E-state index contributed by atoms with van der Waals surface area (Å²) in [5.74, 6) is -0.0403. The second-order valence-corrected chi connectivity index (χ2v) is 7.06. The van der Waals surface area contributed by atoms with E-state index in [0.717, 1.165) is 5.56 Å². The molecule has 2 rings (SSSR count). The van der Waals surface area contributed by atoms with Gasteiger partial charge in [-0.2, -0.15) is 0 Å². The first-order chi connectivity index (χ1) is 9.90. The molecule has 2 aromatic carbocycles. The van der Waals surface area contributed by atoms with Gasteiger partial charge in [-0.15, -0.1) is 0 Å². The van der Waals surface area contributed by atoms with Crippen LogP contribution in [0.3, 0.4) is 0 Å². The van der Waals surface area contributed by atoms with Crippen molar-refractivity contribution in [2.75, 3.05) is 11.4 Å². The summed E-state index contributed by atoms with van der Waals surface area (Å²) in [5.41, 5.74) is 7.57. The summed E-state index contributed by atoms with van der Waals surface area (Å²) < 4.78 is 26.1. The molecule has 6 heteroatoms. The number of hydrogen-bond acceptors (Lipinski definition) is 3. The van der Waals surface area contributed by atoms with E-state index in [4.69, 9.17) is 18.0 Å². The fraction of sp³-hybridized carbons (Fsp3) is 0.133.